The number of aryl methyl sites for hydroxylation is 1. The molecule has 22 heavy (non-hydrogen) atoms. The molecule has 1 amide bonds. The van der Waals surface area contributed by atoms with Crippen LogP contribution in [0.1, 0.15) is 28.4 Å². The number of hydrogen-bond donors (Lipinski definition) is 2. The third-order valence-electron chi connectivity index (χ3n) is 3.26. The second-order valence-electron chi connectivity index (χ2n) is 4.60. The quantitative estimate of drug-likeness (QED) is 0.651. The van der Waals surface area contributed by atoms with Crippen molar-refractivity contribution in [1.82, 2.24) is 4.98 Å². The minimum Gasteiger partial charge on any atom is -0.392 e. The minimum absolute atomic E-state index is 0.0799. The minimum atomic E-state index is -0.501. The molecule has 1 aromatic heterocycles. The van der Waals surface area contributed by atoms with Crippen molar-refractivity contribution in [3.8, 4) is 0 Å². The van der Waals surface area contributed by atoms with Crippen molar-refractivity contribution in [3.05, 3.63) is 63.5 Å². The van der Waals surface area contributed by atoms with Crippen molar-refractivity contribution in [3.63, 3.8) is 0 Å². The van der Waals surface area contributed by atoms with Crippen LogP contribution in [0.5, 0.6) is 0 Å². The first-order valence-electron chi connectivity index (χ1n) is 6.69. The van der Waals surface area contributed by atoms with Gasteiger partial charge in [-0.2, -0.15) is 0 Å². The molecule has 0 saturated carbocycles. The van der Waals surface area contributed by atoms with Crippen LogP contribution in [0.4, 0.5) is 11.4 Å². The highest BCUT2D eigenvalue weighted by atomic mass is 16.6. The molecule has 1 aromatic carbocycles. The van der Waals surface area contributed by atoms with E-state index in [1.807, 2.05) is 6.92 Å². The molecule has 0 spiro atoms. The van der Waals surface area contributed by atoms with Gasteiger partial charge in [0.2, 0.25) is 0 Å². The molecule has 0 bridgehead atoms. The van der Waals surface area contributed by atoms with Gasteiger partial charge >= 0.3 is 0 Å². The number of nitro groups is 1. The summed E-state index contributed by atoms with van der Waals surface area (Å²) in [4.78, 5) is 26.6. The number of anilines is 1. The fourth-order valence-electron chi connectivity index (χ4n) is 2.04. The zero-order chi connectivity index (χ0) is 16.1. The Balaban J connectivity index is 2.30. The Labute approximate surface area is 126 Å². The summed E-state index contributed by atoms with van der Waals surface area (Å²) in [7, 11) is 0. The molecule has 2 aromatic rings. The number of carbonyl (C=O) groups is 1. The number of aliphatic hydroxyl groups excluding tert-OH is 1. The van der Waals surface area contributed by atoms with E-state index in [1.54, 1.807) is 12.1 Å². The molecular formula is C15H15N3O4. The van der Waals surface area contributed by atoms with Gasteiger partial charge in [-0.3, -0.25) is 19.9 Å². The summed E-state index contributed by atoms with van der Waals surface area (Å²) in [5.74, 6) is -0.492. The van der Waals surface area contributed by atoms with Crippen LogP contribution in [0.3, 0.4) is 0 Å². The van der Waals surface area contributed by atoms with Crippen LogP contribution in [-0.2, 0) is 13.0 Å². The van der Waals surface area contributed by atoms with Crippen LogP contribution in [0.25, 0.3) is 0 Å². The Morgan fingerprint density at radius 1 is 1.36 bits per heavy atom. The first kappa shape index (κ1) is 15.6. The molecule has 0 aliphatic carbocycles. The smallest absolute Gasteiger partial charge is 0.273 e. The van der Waals surface area contributed by atoms with Crippen molar-refractivity contribution >= 4 is 17.3 Å². The fraction of sp³-hybridized carbons (Fsp3) is 0.200. The monoisotopic (exact) mass is 301 g/mol. The zero-order valence-corrected chi connectivity index (χ0v) is 11.9. The van der Waals surface area contributed by atoms with Crippen molar-refractivity contribution in [2.75, 3.05) is 5.32 Å². The Morgan fingerprint density at radius 3 is 2.77 bits per heavy atom. The lowest BCUT2D eigenvalue weighted by atomic mass is 10.1. The van der Waals surface area contributed by atoms with Gasteiger partial charge in [0, 0.05) is 29.0 Å². The molecule has 2 N–H and O–H groups in total. The van der Waals surface area contributed by atoms with Gasteiger partial charge in [-0.1, -0.05) is 13.0 Å². The van der Waals surface area contributed by atoms with Crippen molar-refractivity contribution in [2.45, 2.75) is 20.0 Å². The molecule has 114 valence electrons. The van der Waals surface area contributed by atoms with E-state index in [2.05, 4.69) is 10.3 Å². The summed E-state index contributed by atoms with van der Waals surface area (Å²) in [6.45, 7) is 1.57. The number of hydrogen-bond acceptors (Lipinski definition) is 5. The lowest BCUT2D eigenvalue weighted by Gasteiger charge is -2.09. The van der Waals surface area contributed by atoms with Crippen LogP contribution in [0.15, 0.2) is 36.7 Å². The van der Waals surface area contributed by atoms with Gasteiger partial charge in [-0.15, -0.1) is 0 Å². The molecule has 0 saturated heterocycles. The number of nitrogens with zero attached hydrogens (tertiary/aromatic N) is 2. The maximum absolute atomic E-state index is 12.2. The van der Waals surface area contributed by atoms with Gasteiger partial charge in [0.05, 0.1) is 23.4 Å². The summed E-state index contributed by atoms with van der Waals surface area (Å²) in [6, 6.07) is 5.95. The highest BCUT2D eigenvalue weighted by molar-refractivity contribution is 6.05. The van der Waals surface area contributed by atoms with E-state index in [0.717, 1.165) is 0 Å². The van der Waals surface area contributed by atoms with Gasteiger partial charge in [0.25, 0.3) is 11.6 Å². The first-order chi connectivity index (χ1) is 10.6. The standard InChI is InChI=1S/C15H15N3O4/c1-2-10-3-4-11(7-14(10)18(21)22)15(20)17-13-8-16-6-5-12(13)9-19/h3-8,19H,2,9H2,1H3,(H,17,20). The van der Waals surface area contributed by atoms with Crippen molar-refractivity contribution in [1.29, 1.82) is 0 Å². The number of amides is 1. The fourth-order valence-corrected chi connectivity index (χ4v) is 2.04. The molecule has 0 aliphatic rings. The van der Waals surface area contributed by atoms with Gasteiger partial charge in [0.15, 0.2) is 0 Å². The Kier molecular flexibility index (Phi) is 4.80. The lowest BCUT2D eigenvalue weighted by Crippen LogP contribution is -2.14. The van der Waals surface area contributed by atoms with Crippen LogP contribution in [0, 0.1) is 10.1 Å². The molecule has 0 radical (unpaired) electrons. The molecule has 1 heterocycles. The zero-order valence-electron chi connectivity index (χ0n) is 11.9. The molecule has 2 rings (SSSR count). The van der Waals surface area contributed by atoms with Crippen molar-refractivity contribution < 1.29 is 14.8 Å². The predicted molar refractivity (Wildman–Crippen MR) is 80.6 cm³/mol. The number of rotatable bonds is 5. The van der Waals surface area contributed by atoms with Crippen molar-refractivity contribution in [2.24, 2.45) is 0 Å². The molecule has 0 aliphatic heterocycles. The second-order valence-corrected chi connectivity index (χ2v) is 4.60. The number of nitro benzene ring substituents is 1. The van der Waals surface area contributed by atoms with E-state index in [0.29, 0.717) is 23.2 Å². The van der Waals surface area contributed by atoms with E-state index in [-0.39, 0.29) is 17.9 Å². The molecule has 7 heteroatoms. The van der Waals surface area contributed by atoms with Gasteiger partial charge in [-0.25, -0.2) is 0 Å². The maximum atomic E-state index is 12.2. The average Bonchev–Trinajstić information content (AvgIpc) is 2.54. The number of aromatic nitrogens is 1. The largest absolute Gasteiger partial charge is 0.392 e. The topological polar surface area (TPSA) is 105 Å². The second kappa shape index (κ2) is 6.77. The van der Waals surface area contributed by atoms with Gasteiger partial charge < -0.3 is 10.4 Å². The SMILES string of the molecule is CCc1ccc(C(=O)Nc2cnccc2CO)cc1[N+](=O)[O-]. The number of nitrogens with one attached hydrogen (secondary N) is 1. The van der Waals surface area contributed by atoms with Crippen LogP contribution in [-0.4, -0.2) is 20.9 Å². The average molecular weight is 301 g/mol. The van der Waals surface area contributed by atoms with Crippen LogP contribution in [0.2, 0.25) is 0 Å². The Bertz CT molecular complexity index is 716. The maximum Gasteiger partial charge on any atom is 0.273 e. The van der Waals surface area contributed by atoms with E-state index < -0.39 is 10.8 Å². The van der Waals surface area contributed by atoms with E-state index in [4.69, 9.17) is 0 Å². The Morgan fingerprint density at radius 2 is 2.14 bits per heavy atom. The van der Waals surface area contributed by atoms with Crippen LogP contribution < -0.4 is 5.32 Å². The number of pyridine rings is 1. The predicted octanol–water partition coefficient (Wildman–Crippen LogP) is 2.30. The highest BCUT2D eigenvalue weighted by Gasteiger charge is 2.17. The van der Waals surface area contributed by atoms with Crippen LogP contribution >= 0.6 is 0 Å². The summed E-state index contributed by atoms with van der Waals surface area (Å²) in [5.41, 5.74) is 1.56. The molecule has 0 atom stereocenters. The lowest BCUT2D eigenvalue weighted by molar-refractivity contribution is -0.385. The molecular weight excluding hydrogens is 286 g/mol. The first-order valence-corrected chi connectivity index (χ1v) is 6.69. The highest BCUT2D eigenvalue weighted by Crippen LogP contribution is 2.22. The van der Waals surface area contributed by atoms with Gasteiger partial charge in [-0.05, 0) is 18.6 Å². The molecule has 0 fully saturated rings. The van der Waals surface area contributed by atoms with E-state index in [9.17, 15) is 20.0 Å². The molecule has 0 unspecified atom stereocenters. The molecule has 7 nitrogen and oxygen atoms in total. The normalized spacial score (nSPS) is 10.3. The van der Waals surface area contributed by atoms with E-state index in [1.165, 1.54) is 24.5 Å². The van der Waals surface area contributed by atoms with E-state index >= 15 is 0 Å². The summed E-state index contributed by atoms with van der Waals surface area (Å²) in [6.07, 6.45) is 3.43. The van der Waals surface area contributed by atoms with Gasteiger partial charge in [0.1, 0.15) is 0 Å². The third kappa shape index (κ3) is 3.26. The number of carbonyl (C=O) groups excluding carboxylic acids is 1. The third-order valence-corrected chi connectivity index (χ3v) is 3.26. The summed E-state index contributed by atoms with van der Waals surface area (Å²) in [5, 5.41) is 22.9. The number of aliphatic hydroxyl groups is 1. The number of benzene rings is 1. The summed E-state index contributed by atoms with van der Waals surface area (Å²) < 4.78 is 0. The summed E-state index contributed by atoms with van der Waals surface area (Å²) >= 11 is 0. The Hall–Kier alpha value is -2.80.